The van der Waals surface area contributed by atoms with Crippen molar-refractivity contribution in [2.75, 3.05) is 32.7 Å². The van der Waals surface area contributed by atoms with Crippen LogP contribution in [0, 0.1) is 0 Å². The van der Waals surface area contributed by atoms with E-state index in [2.05, 4.69) is 52.8 Å². The Bertz CT molecular complexity index is 3050. The Balaban J connectivity index is 1.62. The Labute approximate surface area is 536 Å². The SMILES string of the molecule is C[C@@H](O)[C@H](NC(=O)[C@H](CCCCN)NC(=O)[C@@H]1CCCN1C(=O)[C@@H](NC(=O)[C@H](Cc1ccc(O)cc1)NC(=O)[C@H](Cc1ccccc1)NC(=O)[C@H](Cc1ccccc1)NC(=O)CNC(=O)[C@H](CCCN=C(N)N)NC(=O)[C@H](CCC(=O)O)NC(=O)CN)[C@@H](C)O)C(=O)O. The van der Waals surface area contributed by atoms with E-state index in [-0.39, 0.29) is 89.1 Å². The number of nitrogens with two attached hydrogens (primary N) is 4. The van der Waals surface area contributed by atoms with Gasteiger partial charge in [-0.3, -0.25) is 57.7 Å². The average Bonchev–Trinajstić information content (AvgIpc) is 1.85. The van der Waals surface area contributed by atoms with Crippen LogP contribution in [0.1, 0.15) is 88.3 Å². The van der Waals surface area contributed by atoms with E-state index in [4.69, 9.17) is 22.9 Å². The number of aliphatic hydroxyl groups is 2. The number of guanidine groups is 1. The van der Waals surface area contributed by atoms with Crippen LogP contribution in [0.4, 0.5) is 0 Å². The zero-order valence-corrected chi connectivity index (χ0v) is 51.8. The van der Waals surface area contributed by atoms with E-state index in [1.54, 1.807) is 60.7 Å². The van der Waals surface area contributed by atoms with E-state index in [9.17, 15) is 83.1 Å². The molecule has 3 aromatic carbocycles. The number of aliphatic carboxylic acids is 2. The summed E-state index contributed by atoms with van der Waals surface area (Å²) in [5.41, 5.74) is 23.4. The van der Waals surface area contributed by atoms with Gasteiger partial charge in [-0.15, -0.1) is 0 Å². The molecule has 0 bridgehead atoms. The number of amides is 10. The van der Waals surface area contributed by atoms with Crippen LogP contribution in [0.2, 0.25) is 0 Å². The second-order valence-corrected chi connectivity index (χ2v) is 22.3. The fraction of sp³-hybridized carbons (Fsp3) is 0.492. The topological polar surface area (TPSA) is 534 Å². The second kappa shape index (κ2) is 38.8. The number of hydrogen-bond acceptors (Lipinski definition) is 18. The van der Waals surface area contributed by atoms with Crippen LogP contribution < -0.4 is 70.8 Å². The summed E-state index contributed by atoms with van der Waals surface area (Å²) in [6.45, 7) is 1.25. The highest BCUT2D eigenvalue weighted by molar-refractivity contribution is 5.99. The minimum absolute atomic E-state index is 0.00532. The lowest BCUT2D eigenvalue weighted by atomic mass is 10.0. The Kier molecular flexibility index (Phi) is 31.6. The van der Waals surface area contributed by atoms with Crippen molar-refractivity contribution in [2.45, 2.75) is 157 Å². The number of hydrogen-bond donors (Lipinski definition) is 18. The third-order valence-electron chi connectivity index (χ3n) is 14.9. The number of carboxylic acid groups (broad SMARTS) is 2. The quantitative estimate of drug-likeness (QED) is 0.0145. The standard InChI is InChI=1S/C61H87N15O17/c1-34(77)50(59(91)76-28-12-19-46(76)58(90)71-41(17-9-10-26-62)54(86)75-51(35(2)78)60(92)93)74-57(89)45(31-38-20-22-39(79)23-21-38)73-56(88)44(30-37-15-7-4-8-16-37)72-55(87)43(29-36-13-5-3-6-14-36)69-48(81)33-67-52(84)40(18-11-27-66-61(64)65)70-53(85)42(24-25-49(82)83)68-47(80)32-63/h3-8,13-16,20-23,34-35,40-46,50-51,77-79H,9-12,17-19,24-33,62-63H2,1-2H3,(H,67,84)(H,68,80)(H,69,81)(H,70,85)(H,71,90)(H,72,87)(H,73,88)(H,74,89)(H,75,86)(H,82,83)(H,92,93)(H4,64,65,66)/t34-,35-,40+,41+,42+,43+,44+,45+,46+,50+,51+/m1/s1. The Morgan fingerprint density at radius 3 is 1.53 bits per heavy atom. The molecule has 0 aromatic heterocycles. The Morgan fingerprint density at radius 2 is 1.01 bits per heavy atom. The lowest BCUT2D eigenvalue weighted by Gasteiger charge is -2.32. The number of nitrogens with one attached hydrogen (secondary N) is 9. The van der Waals surface area contributed by atoms with Crippen molar-refractivity contribution in [1.82, 2.24) is 52.8 Å². The van der Waals surface area contributed by atoms with Crippen LogP contribution in [0.25, 0.3) is 0 Å². The number of phenols is 1. The summed E-state index contributed by atoms with van der Waals surface area (Å²) < 4.78 is 0. The highest BCUT2D eigenvalue weighted by Crippen LogP contribution is 2.21. The first kappa shape index (κ1) is 75.7. The molecule has 1 saturated heterocycles. The number of rotatable bonds is 39. The number of carbonyl (C=O) groups is 12. The molecule has 0 aliphatic carbocycles. The zero-order valence-electron chi connectivity index (χ0n) is 51.8. The summed E-state index contributed by atoms with van der Waals surface area (Å²) in [7, 11) is 0. The number of benzene rings is 3. The van der Waals surface area contributed by atoms with Crippen LogP contribution in [0.5, 0.6) is 5.75 Å². The molecule has 0 unspecified atom stereocenters. The molecule has 0 saturated carbocycles. The molecule has 1 heterocycles. The van der Waals surface area contributed by atoms with Gasteiger partial charge in [-0.2, -0.15) is 0 Å². The maximum Gasteiger partial charge on any atom is 0.328 e. The molecule has 32 nitrogen and oxygen atoms in total. The summed E-state index contributed by atoms with van der Waals surface area (Å²) in [6, 6.07) is 8.86. The number of aromatic hydroxyl groups is 1. The first-order valence-corrected chi connectivity index (χ1v) is 30.3. The minimum Gasteiger partial charge on any atom is -0.508 e. The summed E-state index contributed by atoms with van der Waals surface area (Å²) in [5.74, 6) is -12.3. The number of phenolic OH excluding ortho intramolecular Hbond substituents is 1. The molecule has 0 spiro atoms. The highest BCUT2D eigenvalue weighted by atomic mass is 16.4. The number of carbonyl (C=O) groups excluding carboxylic acids is 10. The Hall–Kier alpha value is -9.79. The molecular weight excluding hydrogens is 1210 g/mol. The van der Waals surface area contributed by atoms with Crippen molar-refractivity contribution in [3.05, 3.63) is 102 Å². The van der Waals surface area contributed by atoms with Crippen molar-refractivity contribution < 1.29 is 83.1 Å². The van der Waals surface area contributed by atoms with Crippen LogP contribution in [-0.2, 0) is 76.8 Å². The molecule has 4 rings (SSSR count). The fourth-order valence-electron chi connectivity index (χ4n) is 9.91. The fourth-order valence-corrected chi connectivity index (χ4v) is 9.91. The number of likely N-dealkylation sites (tertiary alicyclic amines) is 1. The third-order valence-corrected chi connectivity index (χ3v) is 14.9. The van der Waals surface area contributed by atoms with E-state index in [1.807, 2.05) is 0 Å². The molecule has 22 N–H and O–H groups in total. The molecule has 0 radical (unpaired) electrons. The highest BCUT2D eigenvalue weighted by Gasteiger charge is 2.42. The summed E-state index contributed by atoms with van der Waals surface area (Å²) >= 11 is 0. The summed E-state index contributed by atoms with van der Waals surface area (Å²) in [5, 5.41) is 72.7. The largest absolute Gasteiger partial charge is 0.508 e. The zero-order chi connectivity index (χ0) is 68.7. The van der Waals surface area contributed by atoms with Crippen LogP contribution >= 0.6 is 0 Å². The molecule has 1 aliphatic heterocycles. The molecule has 1 fully saturated rings. The van der Waals surface area contributed by atoms with Crippen molar-refractivity contribution in [3.63, 3.8) is 0 Å². The number of nitrogens with zero attached hydrogens (tertiary/aromatic N) is 2. The predicted octanol–water partition coefficient (Wildman–Crippen LogP) is -4.74. The van der Waals surface area contributed by atoms with Gasteiger partial charge in [-0.1, -0.05) is 72.8 Å². The summed E-state index contributed by atoms with van der Waals surface area (Å²) in [4.78, 5) is 168. The molecule has 1 aliphatic rings. The van der Waals surface area contributed by atoms with Gasteiger partial charge in [0.2, 0.25) is 59.1 Å². The maximum atomic E-state index is 14.9. The monoisotopic (exact) mass is 1300 g/mol. The second-order valence-electron chi connectivity index (χ2n) is 22.3. The normalized spacial score (nSPS) is 15.8. The molecule has 10 amide bonds. The van der Waals surface area contributed by atoms with E-state index >= 15 is 0 Å². The molecular formula is C61H87N15O17. The molecule has 11 atom stereocenters. The van der Waals surface area contributed by atoms with Gasteiger partial charge in [0.25, 0.3) is 0 Å². The Morgan fingerprint density at radius 1 is 0.548 bits per heavy atom. The lowest BCUT2D eigenvalue weighted by Crippen LogP contribution is -2.62. The van der Waals surface area contributed by atoms with Gasteiger partial charge in [0.05, 0.1) is 25.3 Å². The van der Waals surface area contributed by atoms with Gasteiger partial charge in [0.1, 0.15) is 54.1 Å². The maximum absolute atomic E-state index is 14.9. The van der Waals surface area contributed by atoms with Gasteiger partial charge < -0.3 is 101 Å². The smallest absolute Gasteiger partial charge is 0.328 e. The number of aliphatic imine (C=N–C) groups is 1. The van der Waals surface area contributed by atoms with E-state index < -0.39 is 157 Å². The van der Waals surface area contributed by atoms with E-state index in [0.717, 1.165) is 11.8 Å². The van der Waals surface area contributed by atoms with Gasteiger partial charge >= 0.3 is 11.9 Å². The summed E-state index contributed by atoms with van der Waals surface area (Å²) in [6.07, 6.45) is -3.65. The first-order valence-electron chi connectivity index (χ1n) is 30.3. The van der Waals surface area contributed by atoms with Crippen molar-refractivity contribution in [3.8, 4) is 5.75 Å². The predicted molar refractivity (Wildman–Crippen MR) is 335 cm³/mol. The van der Waals surface area contributed by atoms with Gasteiger partial charge in [-0.05, 0) is 101 Å². The first-order chi connectivity index (χ1) is 44.2. The van der Waals surface area contributed by atoms with Crippen LogP contribution in [0.15, 0.2) is 89.9 Å². The van der Waals surface area contributed by atoms with Crippen molar-refractivity contribution in [2.24, 2.45) is 27.9 Å². The number of aliphatic hydroxyl groups excluding tert-OH is 2. The number of carboxylic acids is 2. The molecule has 3 aromatic rings. The third kappa shape index (κ3) is 26.2. The minimum atomic E-state index is -1.76. The van der Waals surface area contributed by atoms with Gasteiger partial charge in [0.15, 0.2) is 12.0 Å². The number of unbranched alkanes of at least 4 members (excludes halogenated alkanes) is 1. The molecule has 32 heteroatoms. The van der Waals surface area contributed by atoms with Crippen LogP contribution in [0.3, 0.4) is 0 Å². The van der Waals surface area contributed by atoms with Crippen molar-refractivity contribution in [1.29, 1.82) is 0 Å². The lowest BCUT2D eigenvalue weighted by molar-refractivity contribution is -0.146. The molecule has 93 heavy (non-hydrogen) atoms. The van der Waals surface area contributed by atoms with Crippen molar-refractivity contribution >= 4 is 77.0 Å². The molecule has 508 valence electrons. The van der Waals surface area contributed by atoms with Gasteiger partial charge in [0, 0.05) is 38.8 Å². The van der Waals surface area contributed by atoms with Gasteiger partial charge in [-0.25, -0.2) is 4.79 Å². The van der Waals surface area contributed by atoms with E-state index in [0.29, 0.717) is 29.5 Å². The average molecular weight is 1300 g/mol. The van der Waals surface area contributed by atoms with E-state index in [1.165, 1.54) is 31.2 Å². The van der Waals surface area contributed by atoms with Crippen LogP contribution in [-0.4, -0.2) is 207 Å².